The topological polar surface area (TPSA) is 64.3 Å². The van der Waals surface area contributed by atoms with Gasteiger partial charge in [-0.15, -0.1) is 0 Å². The molecule has 0 fully saturated rings. The van der Waals surface area contributed by atoms with E-state index in [1.807, 2.05) is 0 Å². The van der Waals surface area contributed by atoms with Crippen molar-refractivity contribution in [3.05, 3.63) is 0 Å². The summed E-state index contributed by atoms with van der Waals surface area (Å²) in [7, 11) is 1.68. The fourth-order valence-corrected chi connectivity index (χ4v) is 2.24. The second-order valence-electron chi connectivity index (χ2n) is 6.54. The van der Waals surface area contributed by atoms with Crippen molar-refractivity contribution in [2.75, 3.05) is 26.8 Å². The smallest absolute Gasteiger partial charge is 0.220 e. The number of carbonyl (C=O) groups is 1. The van der Waals surface area contributed by atoms with Gasteiger partial charge in [0.15, 0.2) is 0 Å². The third kappa shape index (κ3) is 9.00. The third-order valence-electron chi connectivity index (χ3n) is 3.56. The Kier molecular flexibility index (Phi) is 9.02. The van der Waals surface area contributed by atoms with Crippen LogP contribution in [0.25, 0.3) is 0 Å². The second kappa shape index (κ2) is 9.32. The lowest BCUT2D eigenvalue weighted by Gasteiger charge is -2.30. The maximum Gasteiger partial charge on any atom is 0.220 e. The predicted molar refractivity (Wildman–Crippen MR) is 79.9 cm³/mol. The van der Waals surface area contributed by atoms with E-state index in [-0.39, 0.29) is 11.3 Å². The molecule has 0 aromatic heterocycles. The minimum Gasteiger partial charge on any atom is -0.384 e. The second-order valence-corrected chi connectivity index (χ2v) is 6.54. The van der Waals surface area contributed by atoms with Gasteiger partial charge in [0.2, 0.25) is 5.91 Å². The highest BCUT2D eigenvalue weighted by atomic mass is 16.5. The summed E-state index contributed by atoms with van der Waals surface area (Å²) in [5.74, 6) is 0.991. The number of nitrogens with two attached hydrogens (primary N) is 1. The highest BCUT2D eigenvalue weighted by Crippen LogP contribution is 2.31. The number of carbonyl (C=O) groups excluding carboxylic acids is 1. The Morgan fingerprint density at radius 1 is 1.32 bits per heavy atom. The van der Waals surface area contributed by atoms with E-state index in [0.717, 1.165) is 12.8 Å². The van der Waals surface area contributed by atoms with Crippen LogP contribution in [0.1, 0.15) is 47.0 Å². The van der Waals surface area contributed by atoms with Gasteiger partial charge >= 0.3 is 0 Å². The first kappa shape index (κ1) is 18.4. The Hall–Kier alpha value is -0.610. The molecule has 114 valence electrons. The minimum absolute atomic E-state index is 0.134. The molecular weight excluding hydrogens is 240 g/mol. The summed E-state index contributed by atoms with van der Waals surface area (Å²) in [6.45, 7) is 10.8. The molecule has 0 aliphatic rings. The van der Waals surface area contributed by atoms with Crippen molar-refractivity contribution in [2.24, 2.45) is 23.0 Å². The van der Waals surface area contributed by atoms with Crippen LogP contribution in [0.15, 0.2) is 0 Å². The van der Waals surface area contributed by atoms with E-state index in [4.69, 9.17) is 10.5 Å². The Morgan fingerprint density at radius 3 is 2.42 bits per heavy atom. The summed E-state index contributed by atoms with van der Waals surface area (Å²) < 4.78 is 5.05. The van der Waals surface area contributed by atoms with Gasteiger partial charge in [-0.3, -0.25) is 4.79 Å². The van der Waals surface area contributed by atoms with Crippen LogP contribution in [0.2, 0.25) is 0 Å². The van der Waals surface area contributed by atoms with Gasteiger partial charge in [0.05, 0.1) is 6.61 Å². The SMILES string of the molecule is COCC(C)CNC(=O)CCC(CCN)C(C)(C)C. The van der Waals surface area contributed by atoms with Crippen molar-refractivity contribution in [1.29, 1.82) is 0 Å². The third-order valence-corrected chi connectivity index (χ3v) is 3.56. The molecule has 4 heteroatoms. The number of methoxy groups -OCH3 is 1. The first-order valence-corrected chi connectivity index (χ1v) is 7.27. The highest BCUT2D eigenvalue weighted by molar-refractivity contribution is 5.75. The number of amides is 1. The van der Waals surface area contributed by atoms with E-state index in [1.165, 1.54) is 0 Å². The van der Waals surface area contributed by atoms with Gasteiger partial charge in [0.1, 0.15) is 0 Å². The zero-order valence-corrected chi connectivity index (χ0v) is 13.3. The van der Waals surface area contributed by atoms with Crippen molar-refractivity contribution < 1.29 is 9.53 Å². The number of hydrogen-bond acceptors (Lipinski definition) is 3. The Morgan fingerprint density at radius 2 is 1.95 bits per heavy atom. The summed E-state index contributed by atoms with van der Waals surface area (Å²) in [6.07, 6.45) is 2.48. The molecule has 0 heterocycles. The first-order valence-electron chi connectivity index (χ1n) is 7.27. The van der Waals surface area contributed by atoms with Gasteiger partial charge < -0.3 is 15.8 Å². The van der Waals surface area contributed by atoms with Gasteiger partial charge in [0, 0.05) is 20.1 Å². The van der Waals surface area contributed by atoms with Crippen LogP contribution >= 0.6 is 0 Å². The molecule has 2 unspecified atom stereocenters. The maximum absolute atomic E-state index is 11.8. The van der Waals surface area contributed by atoms with E-state index < -0.39 is 0 Å². The summed E-state index contributed by atoms with van der Waals surface area (Å²) >= 11 is 0. The molecule has 0 aliphatic carbocycles. The largest absolute Gasteiger partial charge is 0.384 e. The normalized spacial score (nSPS) is 15.1. The number of ether oxygens (including phenoxy) is 1. The predicted octanol–water partition coefficient (Wildman–Crippen LogP) is 2.18. The van der Waals surface area contributed by atoms with Crippen molar-refractivity contribution in [2.45, 2.75) is 47.0 Å². The zero-order chi connectivity index (χ0) is 14.9. The lowest BCUT2D eigenvalue weighted by molar-refractivity contribution is -0.121. The molecule has 4 nitrogen and oxygen atoms in total. The van der Waals surface area contributed by atoms with E-state index in [1.54, 1.807) is 7.11 Å². The van der Waals surface area contributed by atoms with Crippen molar-refractivity contribution in [1.82, 2.24) is 5.32 Å². The van der Waals surface area contributed by atoms with Crippen molar-refractivity contribution in [3.63, 3.8) is 0 Å². The van der Waals surface area contributed by atoms with E-state index in [2.05, 4.69) is 33.0 Å². The Bertz CT molecular complexity index is 249. The molecule has 0 radical (unpaired) electrons. The molecule has 0 aliphatic heterocycles. The van der Waals surface area contributed by atoms with Crippen LogP contribution in [0.3, 0.4) is 0 Å². The first-order chi connectivity index (χ1) is 8.81. The molecule has 0 bridgehead atoms. The summed E-state index contributed by atoms with van der Waals surface area (Å²) in [5.41, 5.74) is 5.86. The molecule has 0 aromatic rings. The van der Waals surface area contributed by atoms with Crippen LogP contribution in [-0.2, 0) is 9.53 Å². The quantitative estimate of drug-likeness (QED) is 0.676. The maximum atomic E-state index is 11.8. The Balaban J connectivity index is 3.99. The molecule has 0 saturated carbocycles. The van der Waals surface area contributed by atoms with Gasteiger partial charge in [-0.1, -0.05) is 27.7 Å². The zero-order valence-electron chi connectivity index (χ0n) is 13.3. The molecule has 19 heavy (non-hydrogen) atoms. The van der Waals surface area contributed by atoms with Crippen molar-refractivity contribution in [3.8, 4) is 0 Å². The molecule has 0 rings (SSSR count). The Labute approximate surface area is 118 Å². The summed E-state index contributed by atoms with van der Waals surface area (Å²) in [5, 5.41) is 2.97. The fourth-order valence-electron chi connectivity index (χ4n) is 2.24. The highest BCUT2D eigenvalue weighted by Gasteiger charge is 2.24. The molecular formula is C15H32N2O2. The van der Waals surface area contributed by atoms with Gasteiger partial charge in [-0.25, -0.2) is 0 Å². The average molecular weight is 272 g/mol. The molecule has 0 saturated heterocycles. The van der Waals surface area contributed by atoms with Crippen LogP contribution in [0, 0.1) is 17.3 Å². The molecule has 2 atom stereocenters. The van der Waals surface area contributed by atoms with Crippen molar-refractivity contribution >= 4 is 5.91 Å². The standard InChI is InChI=1S/C15H32N2O2/c1-12(11-19-5)10-17-14(18)7-6-13(8-9-16)15(2,3)4/h12-13H,6-11,16H2,1-5H3,(H,17,18). The lowest BCUT2D eigenvalue weighted by atomic mass is 9.76. The average Bonchev–Trinajstić information content (AvgIpc) is 2.30. The number of hydrogen-bond donors (Lipinski definition) is 2. The van der Waals surface area contributed by atoms with Crippen LogP contribution in [0.5, 0.6) is 0 Å². The van der Waals surface area contributed by atoms with E-state index in [9.17, 15) is 4.79 Å². The van der Waals surface area contributed by atoms with Gasteiger partial charge in [-0.2, -0.15) is 0 Å². The molecule has 1 amide bonds. The van der Waals surface area contributed by atoms with E-state index >= 15 is 0 Å². The van der Waals surface area contributed by atoms with Crippen LogP contribution in [0.4, 0.5) is 0 Å². The van der Waals surface area contributed by atoms with Crippen LogP contribution < -0.4 is 11.1 Å². The monoisotopic (exact) mass is 272 g/mol. The minimum atomic E-state index is 0.134. The molecule has 0 spiro atoms. The summed E-state index contributed by atoms with van der Waals surface area (Å²) in [6, 6.07) is 0. The molecule has 3 N–H and O–H groups in total. The fraction of sp³-hybridized carbons (Fsp3) is 0.933. The van der Waals surface area contributed by atoms with Gasteiger partial charge in [0.25, 0.3) is 0 Å². The molecule has 0 aromatic carbocycles. The van der Waals surface area contributed by atoms with Gasteiger partial charge in [-0.05, 0) is 36.6 Å². The number of rotatable bonds is 9. The van der Waals surface area contributed by atoms with Crippen LogP contribution in [-0.4, -0.2) is 32.7 Å². The lowest BCUT2D eigenvalue weighted by Crippen LogP contribution is -2.31. The summed E-state index contributed by atoms with van der Waals surface area (Å²) in [4.78, 5) is 11.8. The van der Waals surface area contributed by atoms with E-state index in [0.29, 0.717) is 38.0 Å². The number of nitrogens with one attached hydrogen (secondary N) is 1.